The minimum Gasteiger partial charge on any atom is -0.440 e. The Hall–Kier alpha value is -2.08. The lowest BCUT2D eigenvalue weighted by Gasteiger charge is -2.31. The minimum absolute atomic E-state index is 0.0128. The Morgan fingerprint density at radius 1 is 1.28 bits per heavy atom. The lowest BCUT2D eigenvalue weighted by atomic mass is 9.98. The number of fused-ring (bicyclic) bond motifs is 1. The molecule has 0 saturated carbocycles. The first-order valence-corrected chi connectivity index (χ1v) is 9.29. The molecule has 3 heterocycles. The Morgan fingerprint density at radius 3 is 3.04 bits per heavy atom. The summed E-state index contributed by atoms with van der Waals surface area (Å²) in [5.41, 5.74) is 1.70. The number of carbonyl (C=O) groups is 1. The first kappa shape index (κ1) is 16.4. The van der Waals surface area contributed by atoms with Crippen LogP contribution in [-0.2, 0) is 4.74 Å². The summed E-state index contributed by atoms with van der Waals surface area (Å²) in [5.74, 6) is 0.920. The molecule has 1 aromatic carbocycles. The second-order valence-electron chi connectivity index (χ2n) is 6.96. The van der Waals surface area contributed by atoms with Gasteiger partial charge in [-0.15, -0.1) is 0 Å². The molecule has 2 aromatic rings. The molecule has 25 heavy (non-hydrogen) atoms. The summed E-state index contributed by atoms with van der Waals surface area (Å²) in [6.07, 6.45) is 5.44. The van der Waals surface area contributed by atoms with Crippen LogP contribution < -0.4 is 5.32 Å². The van der Waals surface area contributed by atoms with Crippen molar-refractivity contribution in [1.82, 2.24) is 15.2 Å². The normalized spacial score (nSPS) is 23.9. The summed E-state index contributed by atoms with van der Waals surface area (Å²) < 4.78 is 11.5. The number of hydrogen-bond acceptors (Lipinski definition) is 4. The number of urea groups is 1. The van der Waals surface area contributed by atoms with Crippen molar-refractivity contribution in [2.75, 3.05) is 26.2 Å². The summed E-state index contributed by atoms with van der Waals surface area (Å²) in [4.78, 5) is 18.9. The van der Waals surface area contributed by atoms with Gasteiger partial charge in [0.15, 0.2) is 11.5 Å². The second-order valence-corrected chi connectivity index (χ2v) is 6.96. The van der Waals surface area contributed by atoms with Crippen LogP contribution in [-0.4, -0.2) is 48.3 Å². The number of carbonyl (C=O) groups excluding carboxylic acids is 1. The molecule has 2 aliphatic rings. The van der Waals surface area contributed by atoms with Gasteiger partial charge in [0.2, 0.25) is 0 Å². The zero-order chi connectivity index (χ0) is 17.1. The molecule has 6 nitrogen and oxygen atoms in total. The Kier molecular flexibility index (Phi) is 4.88. The monoisotopic (exact) mass is 343 g/mol. The number of oxazole rings is 1. The molecule has 1 aromatic heterocycles. The van der Waals surface area contributed by atoms with Gasteiger partial charge >= 0.3 is 6.03 Å². The third kappa shape index (κ3) is 3.79. The minimum atomic E-state index is 0.0128. The van der Waals surface area contributed by atoms with Gasteiger partial charge in [0.05, 0.1) is 12.0 Å². The third-order valence-corrected chi connectivity index (χ3v) is 5.13. The number of para-hydroxylation sites is 2. The molecule has 2 atom stereocenters. The van der Waals surface area contributed by atoms with Gasteiger partial charge in [0, 0.05) is 26.2 Å². The maximum Gasteiger partial charge on any atom is 0.317 e. The van der Waals surface area contributed by atoms with E-state index in [2.05, 4.69) is 10.3 Å². The lowest BCUT2D eigenvalue weighted by molar-refractivity contribution is 0.104. The second kappa shape index (κ2) is 7.44. The predicted octanol–water partition coefficient (Wildman–Crippen LogP) is 3.29. The van der Waals surface area contributed by atoms with E-state index in [9.17, 15) is 4.79 Å². The highest BCUT2D eigenvalue weighted by Gasteiger charge is 2.28. The number of nitrogens with zero attached hydrogens (tertiary/aromatic N) is 2. The Morgan fingerprint density at radius 2 is 2.20 bits per heavy atom. The van der Waals surface area contributed by atoms with Gasteiger partial charge in [-0.05, 0) is 44.2 Å². The van der Waals surface area contributed by atoms with Gasteiger partial charge in [-0.3, -0.25) is 0 Å². The van der Waals surface area contributed by atoms with Crippen LogP contribution in [0.15, 0.2) is 28.7 Å². The fourth-order valence-electron chi connectivity index (χ4n) is 3.75. The molecule has 2 aliphatic heterocycles. The SMILES string of the molecule is O=C(NCC[C@@H]1CCCO1)N1CCC[C@H](c2nc3ccccc3o2)C1. The van der Waals surface area contributed by atoms with Crippen LogP contribution in [0.5, 0.6) is 0 Å². The van der Waals surface area contributed by atoms with E-state index in [1.165, 1.54) is 0 Å². The number of piperidine rings is 1. The van der Waals surface area contributed by atoms with Crippen LogP contribution in [0.3, 0.4) is 0 Å². The van der Waals surface area contributed by atoms with Gasteiger partial charge in [0.1, 0.15) is 5.52 Å². The van der Waals surface area contributed by atoms with Crippen LogP contribution in [0.1, 0.15) is 43.9 Å². The smallest absolute Gasteiger partial charge is 0.317 e. The molecule has 0 bridgehead atoms. The summed E-state index contributed by atoms with van der Waals surface area (Å²) in [5, 5.41) is 3.03. The van der Waals surface area contributed by atoms with E-state index in [4.69, 9.17) is 9.15 Å². The Labute approximate surface area is 147 Å². The number of likely N-dealkylation sites (tertiary alicyclic amines) is 1. The highest BCUT2D eigenvalue weighted by molar-refractivity contribution is 5.74. The number of nitrogens with one attached hydrogen (secondary N) is 1. The van der Waals surface area contributed by atoms with Gasteiger partial charge in [-0.2, -0.15) is 0 Å². The summed E-state index contributed by atoms with van der Waals surface area (Å²) in [6, 6.07) is 7.82. The van der Waals surface area contributed by atoms with Gasteiger partial charge in [-0.25, -0.2) is 9.78 Å². The number of benzene rings is 1. The van der Waals surface area contributed by atoms with Crippen molar-refractivity contribution < 1.29 is 13.9 Å². The molecular formula is C19H25N3O3. The first-order valence-electron chi connectivity index (χ1n) is 9.29. The molecule has 0 radical (unpaired) electrons. The maximum atomic E-state index is 12.4. The van der Waals surface area contributed by atoms with Crippen LogP contribution in [0.4, 0.5) is 4.79 Å². The van der Waals surface area contributed by atoms with E-state index in [0.29, 0.717) is 19.2 Å². The Bertz CT molecular complexity index is 691. The van der Waals surface area contributed by atoms with Gasteiger partial charge in [-0.1, -0.05) is 12.1 Å². The first-order chi connectivity index (χ1) is 12.3. The van der Waals surface area contributed by atoms with Gasteiger partial charge < -0.3 is 19.4 Å². The highest BCUT2D eigenvalue weighted by Crippen LogP contribution is 2.29. The molecule has 2 amide bonds. The van der Waals surface area contributed by atoms with Crippen molar-refractivity contribution in [2.45, 2.75) is 44.1 Å². The topological polar surface area (TPSA) is 67.6 Å². The number of rotatable bonds is 4. The van der Waals surface area contributed by atoms with Crippen molar-refractivity contribution in [1.29, 1.82) is 0 Å². The molecule has 0 aliphatic carbocycles. The summed E-state index contributed by atoms with van der Waals surface area (Å²) in [7, 11) is 0. The molecule has 0 spiro atoms. The van der Waals surface area contributed by atoms with Crippen molar-refractivity contribution in [2.24, 2.45) is 0 Å². The third-order valence-electron chi connectivity index (χ3n) is 5.13. The average molecular weight is 343 g/mol. The average Bonchev–Trinajstić information content (AvgIpc) is 3.31. The van der Waals surface area contributed by atoms with E-state index < -0.39 is 0 Å². The zero-order valence-electron chi connectivity index (χ0n) is 14.4. The van der Waals surface area contributed by atoms with Crippen molar-refractivity contribution >= 4 is 17.1 Å². The number of aromatic nitrogens is 1. The van der Waals surface area contributed by atoms with Crippen LogP contribution in [0.2, 0.25) is 0 Å². The molecule has 4 rings (SSSR count). The molecule has 6 heteroatoms. The number of amides is 2. The molecular weight excluding hydrogens is 318 g/mol. The quantitative estimate of drug-likeness (QED) is 0.925. The van der Waals surface area contributed by atoms with Gasteiger partial charge in [0.25, 0.3) is 0 Å². The predicted molar refractivity (Wildman–Crippen MR) is 94.5 cm³/mol. The molecule has 0 unspecified atom stereocenters. The summed E-state index contributed by atoms with van der Waals surface area (Å²) >= 11 is 0. The summed E-state index contributed by atoms with van der Waals surface area (Å²) in [6.45, 7) is 2.99. The van der Waals surface area contributed by atoms with Crippen molar-refractivity contribution in [3.05, 3.63) is 30.2 Å². The highest BCUT2D eigenvalue weighted by atomic mass is 16.5. The van der Waals surface area contributed by atoms with E-state index in [1.807, 2.05) is 29.2 Å². The Balaban J connectivity index is 1.32. The molecule has 134 valence electrons. The van der Waals surface area contributed by atoms with Crippen LogP contribution in [0, 0.1) is 0 Å². The lowest BCUT2D eigenvalue weighted by Crippen LogP contribution is -2.45. The van der Waals surface area contributed by atoms with E-state index in [0.717, 1.165) is 62.2 Å². The fraction of sp³-hybridized carbons (Fsp3) is 0.579. The van der Waals surface area contributed by atoms with Crippen molar-refractivity contribution in [3.8, 4) is 0 Å². The zero-order valence-corrected chi connectivity index (χ0v) is 14.4. The van der Waals surface area contributed by atoms with Crippen molar-refractivity contribution in [3.63, 3.8) is 0 Å². The molecule has 2 saturated heterocycles. The maximum absolute atomic E-state index is 12.4. The van der Waals surface area contributed by atoms with Crippen LogP contribution >= 0.6 is 0 Å². The largest absolute Gasteiger partial charge is 0.440 e. The van der Waals surface area contributed by atoms with E-state index in [-0.39, 0.29) is 11.9 Å². The van der Waals surface area contributed by atoms with E-state index in [1.54, 1.807) is 0 Å². The number of ether oxygens (including phenoxy) is 1. The molecule has 2 fully saturated rings. The fourth-order valence-corrected chi connectivity index (χ4v) is 3.75. The molecule has 1 N–H and O–H groups in total. The van der Waals surface area contributed by atoms with E-state index >= 15 is 0 Å². The number of hydrogen-bond donors (Lipinski definition) is 1. The standard InChI is InChI=1S/C19H25N3O3/c23-19(20-10-9-15-6-4-12-24-15)22-11-3-5-14(13-22)18-21-16-7-1-2-8-17(16)25-18/h1-2,7-8,14-15H,3-6,9-13H2,(H,20,23)/t14-,15-/m0/s1. The van der Waals surface area contributed by atoms with Crippen LogP contribution in [0.25, 0.3) is 11.1 Å².